The lowest BCUT2D eigenvalue weighted by atomic mass is 9.93. The molecule has 1 aromatic carbocycles. The Balaban J connectivity index is 2.64. The van der Waals surface area contributed by atoms with Gasteiger partial charge in [-0.15, -0.1) is 11.6 Å². The second-order valence-electron chi connectivity index (χ2n) is 2.03. The van der Waals surface area contributed by atoms with Crippen molar-refractivity contribution in [1.29, 1.82) is 0 Å². The summed E-state index contributed by atoms with van der Waals surface area (Å²) < 4.78 is 0. The van der Waals surface area contributed by atoms with E-state index < -0.39 is 0 Å². The van der Waals surface area contributed by atoms with Crippen molar-refractivity contribution >= 4 is 11.6 Å². The van der Waals surface area contributed by atoms with Crippen molar-refractivity contribution in [2.75, 3.05) is 0 Å². The van der Waals surface area contributed by atoms with Gasteiger partial charge in [0.25, 0.3) is 0 Å². The number of hydrogen-bond donors (Lipinski definition) is 0. The molecule has 8 heavy (non-hydrogen) atoms. The summed E-state index contributed by atoms with van der Waals surface area (Å²) in [6.07, 6.45) is 0. The molecule has 2 aliphatic carbocycles. The van der Waals surface area contributed by atoms with E-state index in [1.807, 2.05) is 18.2 Å². The third-order valence-corrected chi connectivity index (χ3v) is 2.00. The molecule has 0 atom stereocenters. The van der Waals surface area contributed by atoms with Gasteiger partial charge in [-0.1, -0.05) is 24.3 Å². The number of benzene rings is 1. The molecular weight excluding hydrogens is 120 g/mol. The Bertz CT molecular complexity index is 191. The monoisotopic (exact) mass is 124 g/mol. The van der Waals surface area contributed by atoms with Crippen LogP contribution in [0.5, 0.6) is 0 Å². The summed E-state index contributed by atoms with van der Waals surface area (Å²) in [6, 6.07) is 8.23. The zero-order valence-corrected chi connectivity index (χ0v) is 5.02. The van der Waals surface area contributed by atoms with Gasteiger partial charge in [0.2, 0.25) is 0 Å². The minimum atomic E-state index is 0.208. The Morgan fingerprint density at radius 1 is 1.25 bits per heavy atom. The van der Waals surface area contributed by atoms with E-state index in [0.717, 1.165) is 0 Å². The molecule has 0 fully saturated rings. The predicted molar refractivity (Wildman–Crippen MR) is 34.1 cm³/mol. The van der Waals surface area contributed by atoms with E-state index in [-0.39, 0.29) is 5.38 Å². The fourth-order valence-corrected chi connectivity index (χ4v) is 1.24. The molecule has 0 amide bonds. The molecule has 0 spiro atoms. The van der Waals surface area contributed by atoms with Crippen molar-refractivity contribution in [3.8, 4) is 0 Å². The highest BCUT2D eigenvalue weighted by Gasteiger charge is 2.18. The van der Waals surface area contributed by atoms with Crippen LogP contribution < -0.4 is 0 Å². The van der Waals surface area contributed by atoms with Crippen molar-refractivity contribution in [3.05, 3.63) is 35.4 Å². The molecule has 1 aromatic rings. The van der Waals surface area contributed by atoms with Gasteiger partial charge in [0, 0.05) is 0 Å². The van der Waals surface area contributed by atoms with Crippen LogP contribution in [0.25, 0.3) is 0 Å². The topological polar surface area (TPSA) is 0 Å². The minimum Gasteiger partial charge on any atom is -0.113 e. The molecule has 0 nitrogen and oxygen atoms in total. The van der Waals surface area contributed by atoms with Crippen LogP contribution in [0.1, 0.15) is 16.5 Å². The van der Waals surface area contributed by atoms with E-state index in [2.05, 4.69) is 6.07 Å². The molecule has 0 heterocycles. The molecule has 0 aliphatic heterocycles. The number of rotatable bonds is 0. The molecule has 40 valence electrons. The maximum Gasteiger partial charge on any atom is 0.0835 e. The third-order valence-electron chi connectivity index (χ3n) is 1.50. The second kappa shape index (κ2) is 1.26. The SMILES string of the molecule is ClC1c2cccc1c2. The fourth-order valence-electron chi connectivity index (χ4n) is 0.971. The van der Waals surface area contributed by atoms with Crippen LogP contribution in [0.4, 0.5) is 0 Å². The van der Waals surface area contributed by atoms with Crippen LogP contribution in [-0.4, -0.2) is 0 Å². The highest BCUT2D eigenvalue weighted by Crippen LogP contribution is 2.37. The van der Waals surface area contributed by atoms with Gasteiger partial charge in [-0.3, -0.25) is 0 Å². The third kappa shape index (κ3) is 0.366. The van der Waals surface area contributed by atoms with Gasteiger partial charge in [-0.2, -0.15) is 0 Å². The first kappa shape index (κ1) is 4.39. The summed E-state index contributed by atoms with van der Waals surface area (Å²) in [5, 5.41) is 0.208. The molecule has 1 heteroatoms. The van der Waals surface area contributed by atoms with Gasteiger partial charge in [-0.25, -0.2) is 0 Å². The lowest BCUT2D eigenvalue weighted by Gasteiger charge is -2.20. The average Bonchev–Trinajstić information content (AvgIpc) is 1.89. The van der Waals surface area contributed by atoms with E-state index in [0.29, 0.717) is 0 Å². The van der Waals surface area contributed by atoms with Crippen molar-refractivity contribution in [1.82, 2.24) is 0 Å². The number of alkyl halides is 1. The summed E-state index contributed by atoms with van der Waals surface area (Å²) in [7, 11) is 0. The normalized spacial score (nSPS) is 15.6. The van der Waals surface area contributed by atoms with E-state index in [1.54, 1.807) is 0 Å². The molecule has 0 saturated heterocycles. The van der Waals surface area contributed by atoms with E-state index in [4.69, 9.17) is 11.6 Å². The first-order valence-electron chi connectivity index (χ1n) is 2.62. The first-order chi connectivity index (χ1) is 3.88. The summed E-state index contributed by atoms with van der Waals surface area (Å²) in [4.78, 5) is 0. The summed E-state index contributed by atoms with van der Waals surface area (Å²) in [5.41, 5.74) is 2.51. The van der Waals surface area contributed by atoms with Crippen molar-refractivity contribution in [3.63, 3.8) is 0 Å². The van der Waals surface area contributed by atoms with Crippen molar-refractivity contribution in [2.45, 2.75) is 5.38 Å². The Morgan fingerprint density at radius 2 is 1.88 bits per heavy atom. The van der Waals surface area contributed by atoms with Crippen LogP contribution in [0.2, 0.25) is 0 Å². The van der Waals surface area contributed by atoms with Gasteiger partial charge in [0.1, 0.15) is 0 Å². The molecule has 0 radical (unpaired) electrons. The second-order valence-corrected chi connectivity index (χ2v) is 2.47. The van der Waals surface area contributed by atoms with Gasteiger partial charge in [0.15, 0.2) is 0 Å². The van der Waals surface area contributed by atoms with Crippen LogP contribution in [-0.2, 0) is 0 Å². The van der Waals surface area contributed by atoms with Crippen LogP contribution in [0, 0.1) is 0 Å². The smallest absolute Gasteiger partial charge is 0.0835 e. The molecule has 0 saturated carbocycles. The van der Waals surface area contributed by atoms with Gasteiger partial charge in [0.05, 0.1) is 5.38 Å². The summed E-state index contributed by atoms with van der Waals surface area (Å²) in [5.74, 6) is 0. The standard InChI is InChI=1S/C7H5Cl/c8-7-5-2-1-3-6(7)4-5/h1-4,7H. The lowest BCUT2D eigenvalue weighted by Crippen LogP contribution is -2.02. The summed E-state index contributed by atoms with van der Waals surface area (Å²) in [6.45, 7) is 0. The molecular formula is C7H5Cl. The average molecular weight is 125 g/mol. The number of fused-ring (bicyclic) bond motifs is 2. The van der Waals surface area contributed by atoms with E-state index >= 15 is 0 Å². The quantitative estimate of drug-likeness (QED) is 0.466. The Kier molecular flexibility index (Phi) is 0.694. The zero-order chi connectivity index (χ0) is 5.56. The molecule has 2 bridgehead atoms. The lowest BCUT2D eigenvalue weighted by molar-refractivity contribution is 1.04. The van der Waals surface area contributed by atoms with Crippen molar-refractivity contribution < 1.29 is 0 Å². The van der Waals surface area contributed by atoms with Crippen LogP contribution in [0.3, 0.4) is 0 Å². The van der Waals surface area contributed by atoms with E-state index in [1.165, 1.54) is 11.1 Å². The van der Waals surface area contributed by atoms with Crippen LogP contribution in [0.15, 0.2) is 24.3 Å². The maximum atomic E-state index is 5.83. The highest BCUT2D eigenvalue weighted by molar-refractivity contribution is 6.23. The van der Waals surface area contributed by atoms with Gasteiger partial charge in [-0.05, 0) is 11.1 Å². The Morgan fingerprint density at radius 3 is 2.12 bits per heavy atom. The summed E-state index contributed by atoms with van der Waals surface area (Å²) >= 11 is 5.83. The van der Waals surface area contributed by atoms with Gasteiger partial charge < -0.3 is 0 Å². The molecule has 0 aromatic heterocycles. The van der Waals surface area contributed by atoms with Crippen LogP contribution >= 0.6 is 11.6 Å². The van der Waals surface area contributed by atoms with Gasteiger partial charge >= 0.3 is 0 Å². The maximum absolute atomic E-state index is 5.83. The van der Waals surface area contributed by atoms with E-state index in [9.17, 15) is 0 Å². The zero-order valence-electron chi connectivity index (χ0n) is 4.26. The van der Waals surface area contributed by atoms with Crippen molar-refractivity contribution in [2.24, 2.45) is 0 Å². The molecule has 3 rings (SSSR count). The number of halogens is 1. The minimum absolute atomic E-state index is 0.208. The number of hydrogen-bond acceptors (Lipinski definition) is 0. The highest BCUT2D eigenvalue weighted by atomic mass is 35.5. The largest absolute Gasteiger partial charge is 0.113 e. The Hall–Kier alpha value is -0.490. The first-order valence-corrected chi connectivity index (χ1v) is 3.05. The molecule has 2 aliphatic rings. The fraction of sp³-hybridized carbons (Fsp3) is 0.143. The molecule has 0 unspecified atom stereocenters. The predicted octanol–water partition coefficient (Wildman–Crippen LogP) is 2.33. The molecule has 0 N–H and O–H groups in total. The Labute approximate surface area is 53.1 Å².